The fraction of sp³-hybridized carbons (Fsp3) is 1.00. The summed E-state index contributed by atoms with van der Waals surface area (Å²) in [5, 5.41) is 11.3. The minimum absolute atomic E-state index is 0.264. The molecule has 1 aliphatic heterocycles. The van der Waals surface area contributed by atoms with E-state index in [4.69, 9.17) is 4.84 Å². The third-order valence-electron chi connectivity index (χ3n) is 3.22. The molecule has 3 nitrogen and oxygen atoms in total. The molecule has 1 heterocycles. The average Bonchev–Trinajstić information content (AvgIpc) is 2.53. The molecule has 0 unspecified atom stereocenters. The first-order valence-electron chi connectivity index (χ1n) is 5.33. The molecular weight excluding hydrogens is 166 g/mol. The van der Waals surface area contributed by atoms with E-state index in [0.717, 1.165) is 5.92 Å². The number of hydrogen-bond acceptors (Lipinski definition) is 3. The van der Waals surface area contributed by atoms with Gasteiger partial charge in [0.15, 0.2) is 0 Å². The van der Waals surface area contributed by atoms with Crippen LogP contribution >= 0.6 is 0 Å². The first-order chi connectivity index (χ1) is 6.25. The summed E-state index contributed by atoms with van der Waals surface area (Å²) < 4.78 is 0. The molecule has 2 aliphatic rings. The first-order valence-corrected chi connectivity index (χ1v) is 5.33. The van der Waals surface area contributed by atoms with E-state index in [1.807, 2.05) is 5.06 Å². The summed E-state index contributed by atoms with van der Waals surface area (Å²) in [6.07, 6.45) is 4.81. The molecule has 76 valence electrons. The first kappa shape index (κ1) is 9.44. The van der Waals surface area contributed by atoms with Crippen molar-refractivity contribution in [2.75, 3.05) is 13.2 Å². The summed E-state index contributed by atoms with van der Waals surface area (Å²) in [4.78, 5) is 5.42. The monoisotopic (exact) mass is 185 g/mol. The van der Waals surface area contributed by atoms with Crippen molar-refractivity contribution in [2.45, 2.75) is 44.8 Å². The molecule has 1 saturated carbocycles. The van der Waals surface area contributed by atoms with Gasteiger partial charge in [-0.1, -0.05) is 6.92 Å². The van der Waals surface area contributed by atoms with Crippen LogP contribution in [0.3, 0.4) is 0 Å². The number of rotatable bonds is 1. The lowest BCUT2D eigenvalue weighted by Crippen LogP contribution is -2.35. The van der Waals surface area contributed by atoms with Crippen LogP contribution < -0.4 is 0 Å². The van der Waals surface area contributed by atoms with Crippen molar-refractivity contribution in [1.82, 2.24) is 5.06 Å². The maximum absolute atomic E-state index is 9.32. The van der Waals surface area contributed by atoms with E-state index in [1.165, 1.54) is 25.7 Å². The standard InChI is InChI=1S/C10H19NO2/c1-8-2-4-9(5-3-8)11-6-10(12)7-13-11/h8-10,12H,2-7H2,1H3/t8?,9?,10-/m0/s1. The Morgan fingerprint density at radius 2 is 1.92 bits per heavy atom. The van der Waals surface area contributed by atoms with Crippen LogP contribution in [0.4, 0.5) is 0 Å². The molecule has 0 bridgehead atoms. The normalized spacial score (nSPS) is 42.5. The van der Waals surface area contributed by atoms with Crippen molar-refractivity contribution in [2.24, 2.45) is 5.92 Å². The number of hydrogen-bond donors (Lipinski definition) is 1. The molecule has 0 aromatic heterocycles. The lowest BCUT2D eigenvalue weighted by atomic mass is 9.87. The average molecular weight is 185 g/mol. The van der Waals surface area contributed by atoms with Gasteiger partial charge in [0.2, 0.25) is 0 Å². The van der Waals surface area contributed by atoms with Gasteiger partial charge in [-0.2, -0.15) is 5.06 Å². The molecule has 13 heavy (non-hydrogen) atoms. The van der Waals surface area contributed by atoms with Gasteiger partial charge in [0.1, 0.15) is 0 Å². The fourth-order valence-corrected chi connectivity index (χ4v) is 2.28. The van der Waals surface area contributed by atoms with Crippen molar-refractivity contribution in [3.63, 3.8) is 0 Å². The van der Waals surface area contributed by atoms with Crippen molar-refractivity contribution in [3.8, 4) is 0 Å². The second-order valence-corrected chi connectivity index (χ2v) is 4.46. The van der Waals surface area contributed by atoms with Crippen LogP contribution in [0.25, 0.3) is 0 Å². The van der Waals surface area contributed by atoms with Crippen LogP contribution in [-0.2, 0) is 4.84 Å². The minimum atomic E-state index is -0.264. The third kappa shape index (κ3) is 2.22. The van der Waals surface area contributed by atoms with Gasteiger partial charge >= 0.3 is 0 Å². The number of β-amino-alcohol motifs (C(OH)–C–C–N with tert-alkyl or cyclic N) is 1. The smallest absolute Gasteiger partial charge is 0.0958 e. The lowest BCUT2D eigenvalue weighted by Gasteiger charge is -2.31. The molecule has 0 aromatic carbocycles. The SMILES string of the molecule is CC1CCC(N2C[C@H](O)CO2)CC1. The number of aliphatic hydroxyl groups is 1. The largest absolute Gasteiger partial charge is 0.389 e. The van der Waals surface area contributed by atoms with Crippen LogP contribution in [0.2, 0.25) is 0 Å². The quantitative estimate of drug-likeness (QED) is 0.665. The van der Waals surface area contributed by atoms with E-state index in [2.05, 4.69) is 6.92 Å². The number of hydroxylamine groups is 2. The van der Waals surface area contributed by atoms with Crippen LogP contribution in [0.5, 0.6) is 0 Å². The summed E-state index contributed by atoms with van der Waals surface area (Å²) >= 11 is 0. The number of aliphatic hydroxyl groups excluding tert-OH is 1. The van der Waals surface area contributed by atoms with E-state index in [1.54, 1.807) is 0 Å². The van der Waals surface area contributed by atoms with Gasteiger partial charge < -0.3 is 5.11 Å². The number of nitrogens with zero attached hydrogens (tertiary/aromatic N) is 1. The zero-order valence-corrected chi connectivity index (χ0v) is 8.28. The predicted octanol–water partition coefficient (Wildman–Crippen LogP) is 1.17. The van der Waals surface area contributed by atoms with Crippen molar-refractivity contribution < 1.29 is 9.94 Å². The summed E-state index contributed by atoms with van der Waals surface area (Å²) in [6, 6.07) is 0.563. The van der Waals surface area contributed by atoms with Crippen LogP contribution in [0, 0.1) is 5.92 Å². The van der Waals surface area contributed by atoms with E-state index >= 15 is 0 Å². The Kier molecular flexibility index (Phi) is 2.86. The van der Waals surface area contributed by atoms with Gasteiger partial charge in [-0.05, 0) is 31.6 Å². The fourth-order valence-electron chi connectivity index (χ4n) is 2.28. The summed E-state index contributed by atoms with van der Waals surface area (Å²) in [5.74, 6) is 0.878. The van der Waals surface area contributed by atoms with Crippen molar-refractivity contribution in [1.29, 1.82) is 0 Å². The van der Waals surface area contributed by atoms with Crippen molar-refractivity contribution in [3.05, 3.63) is 0 Å². The highest BCUT2D eigenvalue weighted by atomic mass is 16.7. The van der Waals surface area contributed by atoms with E-state index in [9.17, 15) is 5.11 Å². The third-order valence-corrected chi connectivity index (χ3v) is 3.22. The molecule has 1 N–H and O–H groups in total. The Labute approximate surface area is 79.6 Å². The topological polar surface area (TPSA) is 32.7 Å². The molecule has 2 fully saturated rings. The highest BCUT2D eigenvalue weighted by Gasteiger charge is 2.30. The maximum Gasteiger partial charge on any atom is 0.0958 e. The minimum Gasteiger partial charge on any atom is -0.389 e. The van der Waals surface area contributed by atoms with E-state index in [0.29, 0.717) is 19.2 Å². The lowest BCUT2D eigenvalue weighted by molar-refractivity contribution is -0.149. The molecule has 0 radical (unpaired) electrons. The second kappa shape index (κ2) is 3.95. The van der Waals surface area contributed by atoms with Crippen LogP contribution in [0.15, 0.2) is 0 Å². The Morgan fingerprint density at radius 1 is 1.23 bits per heavy atom. The zero-order chi connectivity index (χ0) is 9.26. The van der Waals surface area contributed by atoms with Crippen LogP contribution in [-0.4, -0.2) is 35.5 Å². The molecular formula is C10H19NO2. The summed E-state index contributed by atoms with van der Waals surface area (Å²) in [5.41, 5.74) is 0. The highest BCUT2D eigenvalue weighted by Crippen LogP contribution is 2.28. The Morgan fingerprint density at radius 3 is 2.46 bits per heavy atom. The van der Waals surface area contributed by atoms with Crippen LogP contribution in [0.1, 0.15) is 32.6 Å². The van der Waals surface area contributed by atoms with Gasteiger partial charge in [-0.3, -0.25) is 4.84 Å². The Balaban J connectivity index is 1.81. The molecule has 1 aliphatic carbocycles. The summed E-state index contributed by atoms with van der Waals surface area (Å²) in [6.45, 7) is 3.51. The molecule has 1 atom stereocenters. The molecule has 0 amide bonds. The van der Waals surface area contributed by atoms with Gasteiger partial charge in [0.05, 0.1) is 19.3 Å². The van der Waals surface area contributed by atoms with E-state index in [-0.39, 0.29) is 6.10 Å². The molecule has 2 rings (SSSR count). The van der Waals surface area contributed by atoms with Crippen molar-refractivity contribution >= 4 is 0 Å². The predicted molar refractivity (Wildman–Crippen MR) is 50.1 cm³/mol. The molecule has 3 heteroatoms. The molecule has 1 saturated heterocycles. The molecule has 0 spiro atoms. The van der Waals surface area contributed by atoms with Gasteiger partial charge in [0, 0.05) is 6.04 Å². The highest BCUT2D eigenvalue weighted by molar-refractivity contribution is 4.78. The Bertz CT molecular complexity index is 166. The van der Waals surface area contributed by atoms with Gasteiger partial charge in [0.25, 0.3) is 0 Å². The zero-order valence-electron chi connectivity index (χ0n) is 8.28. The van der Waals surface area contributed by atoms with Gasteiger partial charge in [-0.25, -0.2) is 0 Å². The molecule has 0 aromatic rings. The van der Waals surface area contributed by atoms with Gasteiger partial charge in [-0.15, -0.1) is 0 Å². The van der Waals surface area contributed by atoms with E-state index < -0.39 is 0 Å². The summed E-state index contributed by atoms with van der Waals surface area (Å²) in [7, 11) is 0. The second-order valence-electron chi connectivity index (χ2n) is 4.46. The maximum atomic E-state index is 9.32. The Hall–Kier alpha value is -0.120.